The number of Topliss-reactive ketones (excluding diaryl/α,β-unsaturated/α-hetero) is 1. The molecule has 1 aliphatic rings. The lowest BCUT2D eigenvalue weighted by Gasteiger charge is -2.15. The quantitative estimate of drug-likeness (QED) is 0.942. The van der Waals surface area contributed by atoms with Crippen molar-refractivity contribution in [2.24, 2.45) is 0 Å². The van der Waals surface area contributed by atoms with Crippen molar-refractivity contribution >= 4 is 18.2 Å². The highest BCUT2D eigenvalue weighted by molar-refractivity contribution is 5.98. The molecular weight excluding hydrogens is 276 g/mol. The molecule has 1 heterocycles. The zero-order valence-electron chi connectivity index (χ0n) is 11.1. The Morgan fingerprint density at radius 3 is 3.00 bits per heavy atom. The second-order valence-electron chi connectivity index (χ2n) is 4.77. The van der Waals surface area contributed by atoms with Crippen molar-refractivity contribution in [1.29, 1.82) is 0 Å². The summed E-state index contributed by atoms with van der Waals surface area (Å²) in [7, 11) is 0. The molecule has 2 aromatic rings. The van der Waals surface area contributed by atoms with Gasteiger partial charge in [0.15, 0.2) is 5.78 Å². The first-order valence-electron chi connectivity index (χ1n) is 6.59. The molecule has 0 atom stereocenters. The van der Waals surface area contributed by atoms with E-state index in [-0.39, 0.29) is 18.2 Å². The van der Waals surface area contributed by atoms with Crippen LogP contribution in [0.4, 0.5) is 0 Å². The van der Waals surface area contributed by atoms with Crippen molar-refractivity contribution in [3.63, 3.8) is 0 Å². The molecule has 0 aliphatic heterocycles. The van der Waals surface area contributed by atoms with Crippen LogP contribution in [0.25, 0.3) is 0 Å². The van der Waals surface area contributed by atoms with Crippen molar-refractivity contribution in [3.8, 4) is 5.75 Å². The number of halogens is 1. The van der Waals surface area contributed by atoms with Crippen LogP contribution >= 0.6 is 12.4 Å². The van der Waals surface area contributed by atoms with E-state index in [4.69, 9.17) is 4.74 Å². The van der Waals surface area contributed by atoms with E-state index in [0.29, 0.717) is 13.0 Å². The zero-order chi connectivity index (χ0) is 13.1. The molecule has 1 N–H and O–H groups in total. The van der Waals surface area contributed by atoms with Gasteiger partial charge in [-0.1, -0.05) is 0 Å². The number of imidazole rings is 1. The Morgan fingerprint density at radius 2 is 2.20 bits per heavy atom. The summed E-state index contributed by atoms with van der Waals surface area (Å²) in [6, 6.07) is 5.77. The lowest BCUT2D eigenvalue weighted by atomic mass is 9.90. The largest absolute Gasteiger partial charge is 0.493 e. The van der Waals surface area contributed by atoms with Crippen LogP contribution in [-0.4, -0.2) is 22.4 Å². The van der Waals surface area contributed by atoms with Gasteiger partial charge in [0.05, 0.1) is 12.9 Å². The molecule has 1 aromatic heterocycles. The molecule has 0 radical (unpaired) electrons. The van der Waals surface area contributed by atoms with Gasteiger partial charge < -0.3 is 9.72 Å². The average molecular weight is 293 g/mol. The Bertz CT molecular complexity index is 582. The minimum absolute atomic E-state index is 0. The number of benzene rings is 1. The predicted octanol–water partition coefficient (Wildman–Crippen LogP) is 2.97. The van der Waals surface area contributed by atoms with E-state index in [1.807, 2.05) is 18.2 Å². The Hall–Kier alpha value is -1.81. The van der Waals surface area contributed by atoms with E-state index in [1.54, 1.807) is 12.5 Å². The third-order valence-corrected chi connectivity index (χ3v) is 3.42. The van der Waals surface area contributed by atoms with Crippen molar-refractivity contribution in [2.75, 3.05) is 6.61 Å². The fourth-order valence-corrected chi connectivity index (χ4v) is 2.41. The molecule has 0 fully saturated rings. The van der Waals surface area contributed by atoms with Gasteiger partial charge in [-0.15, -0.1) is 12.4 Å². The summed E-state index contributed by atoms with van der Waals surface area (Å²) >= 11 is 0. The van der Waals surface area contributed by atoms with Crippen LogP contribution in [-0.2, 0) is 12.8 Å². The van der Waals surface area contributed by atoms with E-state index in [2.05, 4.69) is 9.97 Å². The summed E-state index contributed by atoms with van der Waals surface area (Å²) in [6.07, 6.45) is 6.86. The number of aryl methyl sites for hydroxylation is 1. The Morgan fingerprint density at radius 1 is 1.30 bits per heavy atom. The second kappa shape index (κ2) is 6.57. The topological polar surface area (TPSA) is 55.0 Å². The second-order valence-corrected chi connectivity index (χ2v) is 4.77. The summed E-state index contributed by atoms with van der Waals surface area (Å²) in [5.74, 6) is 1.10. The summed E-state index contributed by atoms with van der Waals surface area (Å²) in [5.41, 5.74) is 3.05. The molecule has 4 nitrogen and oxygen atoms in total. The molecule has 0 saturated carbocycles. The molecule has 3 rings (SSSR count). The third kappa shape index (κ3) is 3.20. The number of carbonyl (C=O) groups is 1. The molecule has 0 unspecified atom stereocenters. The highest BCUT2D eigenvalue weighted by Gasteiger charge is 2.17. The molecular formula is C15H17ClN2O2. The molecule has 0 saturated heterocycles. The first kappa shape index (κ1) is 14.6. The van der Waals surface area contributed by atoms with Crippen molar-refractivity contribution < 1.29 is 9.53 Å². The Kier molecular flexibility index (Phi) is 4.79. The number of fused-ring (bicyclic) bond motifs is 1. The maximum absolute atomic E-state index is 11.7. The maximum atomic E-state index is 11.7. The number of ether oxygens (including phenoxy) is 1. The normalized spacial score (nSPS) is 13.5. The monoisotopic (exact) mass is 292 g/mol. The summed E-state index contributed by atoms with van der Waals surface area (Å²) in [4.78, 5) is 18.7. The number of nitrogens with zero attached hydrogens (tertiary/aromatic N) is 1. The number of hydrogen-bond acceptors (Lipinski definition) is 3. The first-order chi connectivity index (χ1) is 9.33. The number of nitrogens with one attached hydrogen (secondary N) is 1. The number of carbonyl (C=O) groups excluding carboxylic acids is 1. The fourth-order valence-electron chi connectivity index (χ4n) is 2.41. The third-order valence-electron chi connectivity index (χ3n) is 3.42. The first-order valence-corrected chi connectivity index (χ1v) is 6.59. The van der Waals surface area contributed by atoms with Gasteiger partial charge in [-0.3, -0.25) is 4.79 Å². The van der Waals surface area contributed by atoms with Gasteiger partial charge in [0, 0.05) is 30.3 Å². The number of aromatic amines is 1. The van der Waals surface area contributed by atoms with Gasteiger partial charge in [0.25, 0.3) is 0 Å². The van der Waals surface area contributed by atoms with Gasteiger partial charge in [-0.2, -0.15) is 0 Å². The standard InChI is InChI=1S/C15H16N2O2.ClH/c18-15-3-1-2-11-8-13(4-5-14(11)15)19-7-6-12-9-16-10-17-12;/h4-5,8-10H,1-3,6-7H2,(H,16,17);1H. The average Bonchev–Trinajstić information content (AvgIpc) is 2.92. The highest BCUT2D eigenvalue weighted by atomic mass is 35.5. The molecule has 0 bridgehead atoms. The van der Waals surface area contributed by atoms with Crippen LogP contribution in [0.5, 0.6) is 5.75 Å². The van der Waals surface area contributed by atoms with Gasteiger partial charge in [-0.05, 0) is 36.6 Å². The van der Waals surface area contributed by atoms with Crippen LogP contribution in [0, 0.1) is 0 Å². The summed E-state index contributed by atoms with van der Waals surface area (Å²) in [5, 5.41) is 0. The van der Waals surface area contributed by atoms with Crippen LogP contribution in [0.2, 0.25) is 0 Å². The van der Waals surface area contributed by atoms with Crippen molar-refractivity contribution in [2.45, 2.75) is 25.7 Å². The van der Waals surface area contributed by atoms with Gasteiger partial charge in [0.2, 0.25) is 0 Å². The lowest BCUT2D eigenvalue weighted by molar-refractivity contribution is 0.0972. The highest BCUT2D eigenvalue weighted by Crippen LogP contribution is 2.25. The number of ketones is 1. The Labute approximate surface area is 124 Å². The lowest BCUT2D eigenvalue weighted by Crippen LogP contribution is -2.11. The van der Waals surface area contributed by atoms with E-state index < -0.39 is 0 Å². The van der Waals surface area contributed by atoms with Gasteiger partial charge in [0.1, 0.15) is 5.75 Å². The van der Waals surface area contributed by atoms with E-state index in [0.717, 1.165) is 41.8 Å². The zero-order valence-corrected chi connectivity index (χ0v) is 11.9. The van der Waals surface area contributed by atoms with E-state index >= 15 is 0 Å². The van der Waals surface area contributed by atoms with Crippen LogP contribution in [0.3, 0.4) is 0 Å². The van der Waals surface area contributed by atoms with Gasteiger partial charge in [-0.25, -0.2) is 4.98 Å². The van der Waals surface area contributed by atoms with Gasteiger partial charge >= 0.3 is 0 Å². The number of aromatic nitrogens is 2. The minimum Gasteiger partial charge on any atom is -0.493 e. The minimum atomic E-state index is 0. The predicted molar refractivity (Wildman–Crippen MR) is 78.7 cm³/mol. The number of H-pyrrole nitrogens is 1. The van der Waals surface area contributed by atoms with Crippen LogP contribution in [0.15, 0.2) is 30.7 Å². The maximum Gasteiger partial charge on any atom is 0.163 e. The number of hydrogen-bond donors (Lipinski definition) is 1. The Balaban J connectivity index is 0.00000147. The summed E-state index contributed by atoms with van der Waals surface area (Å²) in [6.45, 7) is 0.606. The SMILES string of the molecule is Cl.O=C1CCCc2cc(OCCc3cnc[nH]3)ccc21. The van der Waals surface area contributed by atoms with Crippen LogP contribution < -0.4 is 4.74 Å². The molecule has 106 valence electrons. The molecule has 1 aromatic carbocycles. The summed E-state index contributed by atoms with van der Waals surface area (Å²) < 4.78 is 5.72. The molecule has 1 aliphatic carbocycles. The molecule has 0 amide bonds. The smallest absolute Gasteiger partial charge is 0.163 e. The van der Waals surface area contributed by atoms with E-state index in [9.17, 15) is 4.79 Å². The number of rotatable bonds is 4. The van der Waals surface area contributed by atoms with E-state index in [1.165, 1.54) is 0 Å². The van der Waals surface area contributed by atoms with Crippen molar-refractivity contribution in [1.82, 2.24) is 9.97 Å². The van der Waals surface area contributed by atoms with Crippen LogP contribution in [0.1, 0.15) is 34.5 Å². The molecule has 20 heavy (non-hydrogen) atoms. The fraction of sp³-hybridized carbons (Fsp3) is 0.333. The van der Waals surface area contributed by atoms with Crippen molar-refractivity contribution in [3.05, 3.63) is 47.5 Å². The molecule has 5 heteroatoms. The molecule has 0 spiro atoms.